The number of aromatic nitrogens is 1. The monoisotopic (exact) mass is 395 g/mol. The summed E-state index contributed by atoms with van der Waals surface area (Å²) in [5, 5.41) is 11.4. The number of nitrogens with one attached hydrogen (secondary N) is 1. The summed E-state index contributed by atoms with van der Waals surface area (Å²) in [6, 6.07) is 11.1. The summed E-state index contributed by atoms with van der Waals surface area (Å²) >= 11 is 0. The number of carbonyl (C=O) groups excluding carboxylic acids is 1. The lowest BCUT2D eigenvalue weighted by molar-refractivity contribution is -0.187. The van der Waals surface area contributed by atoms with Crippen molar-refractivity contribution in [3.8, 4) is 11.5 Å². The lowest BCUT2D eigenvalue weighted by atomic mass is 9.96. The molecule has 1 saturated heterocycles. The molecular formula is C18H16F3N3O4. The number of nitrogens with zero attached hydrogens (tertiary/aromatic N) is 2. The SMILES string of the molecule is O=C(O)[C@@H]1CN(C(=O)Nc2ccc(Oc3ccccc3)cn2)C[C@H]1C(F)(F)F. The zero-order chi connectivity index (χ0) is 20.3. The van der Waals surface area contributed by atoms with Crippen LogP contribution < -0.4 is 10.1 Å². The average molecular weight is 395 g/mol. The maximum absolute atomic E-state index is 13.0. The van der Waals surface area contributed by atoms with Gasteiger partial charge in [0, 0.05) is 13.1 Å². The van der Waals surface area contributed by atoms with Gasteiger partial charge in [-0.3, -0.25) is 10.1 Å². The molecule has 0 bridgehead atoms. The van der Waals surface area contributed by atoms with Crippen LogP contribution in [0.3, 0.4) is 0 Å². The van der Waals surface area contributed by atoms with Crippen molar-refractivity contribution in [2.24, 2.45) is 11.8 Å². The molecule has 2 atom stereocenters. The highest BCUT2D eigenvalue weighted by atomic mass is 19.4. The van der Waals surface area contributed by atoms with Gasteiger partial charge in [0.1, 0.15) is 17.3 Å². The summed E-state index contributed by atoms with van der Waals surface area (Å²) in [5.41, 5.74) is 0. The first-order chi connectivity index (χ1) is 13.2. The lowest BCUT2D eigenvalue weighted by Gasteiger charge is -2.18. The molecule has 1 fully saturated rings. The highest BCUT2D eigenvalue weighted by molar-refractivity contribution is 5.89. The van der Waals surface area contributed by atoms with Crippen molar-refractivity contribution in [1.82, 2.24) is 9.88 Å². The third kappa shape index (κ3) is 4.51. The Morgan fingerprint density at radius 1 is 1.11 bits per heavy atom. The summed E-state index contributed by atoms with van der Waals surface area (Å²) in [6.45, 7) is -1.25. The van der Waals surface area contributed by atoms with Crippen LogP contribution >= 0.6 is 0 Å². The number of hydrogen-bond acceptors (Lipinski definition) is 4. The van der Waals surface area contributed by atoms with Crippen LogP contribution in [0.5, 0.6) is 11.5 Å². The zero-order valence-electron chi connectivity index (χ0n) is 14.4. The number of ether oxygens (including phenoxy) is 1. The largest absolute Gasteiger partial charge is 0.481 e. The molecule has 1 aromatic heterocycles. The fraction of sp³-hybridized carbons (Fsp3) is 0.278. The Labute approximate surface area is 157 Å². The van der Waals surface area contributed by atoms with E-state index in [1.165, 1.54) is 18.3 Å². The predicted octanol–water partition coefficient (Wildman–Crippen LogP) is 3.60. The van der Waals surface area contributed by atoms with Gasteiger partial charge in [-0.2, -0.15) is 13.2 Å². The number of aliphatic carboxylic acids is 1. The number of alkyl halides is 3. The van der Waals surface area contributed by atoms with Gasteiger partial charge >= 0.3 is 18.2 Å². The molecule has 1 aromatic carbocycles. The van der Waals surface area contributed by atoms with Crippen LogP contribution in [0.1, 0.15) is 0 Å². The lowest BCUT2D eigenvalue weighted by Crippen LogP contribution is -2.35. The second kappa shape index (κ2) is 7.75. The summed E-state index contributed by atoms with van der Waals surface area (Å²) in [6.07, 6.45) is -3.35. The first kappa shape index (κ1) is 19.5. The van der Waals surface area contributed by atoms with E-state index in [1.54, 1.807) is 24.3 Å². The Morgan fingerprint density at radius 2 is 1.82 bits per heavy atom. The van der Waals surface area contributed by atoms with Crippen molar-refractivity contribution in [3.63, 3.8) is 0 Å². The van der Waals surface area contributed by atoms with Gasteiger partial charge in [0.25, 0.3) is 0 Å². The van der Waals surface area contributed by atoms with Gasteiger partial charge in [-0.25, -0.2) is 9.78 Å². The molecule has 7 nitrogen and oxygen atoms in total. The number of urea groups is 1. The summed E-state index contributed by atoms with van der Waals surface area (Å²) in [5.74, 6) is -4.28. The van der Waals surface area contributed by atoms with Gasteiger partial charge in [-0.15, -0.1) is 0 Å². The van der Waals surface area contributed by atoms with Crippen molar-refractivity contribution >= 4 is 17.8 Å². The minimum atomic E-state index is -4.70. The van der Waals surface area contributed by atoms with Crippen LogP contribution in [-0.2, 0) is 4.79 Å². The second-order valence-electron chi connectivity index (χ2n) is 6.22. The van der Waals surface area contributed by atoms with E-state index >= 15 is 0 Å². The number of carbonyl (C=O) groups is 2. The molecule has 148 valence electrons. The van der Waals surface area contributed by atoms with Gasteiger partial charge in [0.05, 0.1) is 18.0 Å². The number of anilines is 1. The van der Waals surface area contributed by atoms with Crippen molar-refractivity contribution in [3.05, 3.63) is 48.7 Å². The molecule has 2 aromatic rings. The van der Waals surface area contributed by atoms with Gasteiger partial charge in [0.2, 0.25) is 0 Å². The van der Waals surface area contributed by atoms with E-state index in [9.17, 15) is 22.8 Å². The minimum Gasteiger partial charge on any atom is -0.481 e. The summed E-state index contributed by atoms with van der Waals surface area (Å²) in [7, 11) is 0. The van der Waals surface area contributed by atoms with E-state index < -0.39 is 43.1 Å². The molecule has 28 heavy (non-hydrogen) atoms. The smallest absolute Gasteiger partial charge is 0.394 e. The van der Waals surface area contributed by atoms with Crippen LogP contribution in [0, 0.1) is 11.8 Å². The molecule has 1 aliphatic heterocycles. The van der Waals surface area contributed by atoms with E-state index in [1.807, 2.05) is 6.07 Å². The number of benzene rings is 1. The third-order valence-corrected chi connectivity index (χ3v) is 4.29. The Balaban J connectivity index is 1.62. The third-order valence-electron chi connectivity index (χ3n) is 4.29. The fourth-order valence-electron chi connectivity index (χ4n) is 2.88. The number of carboxylic acids is 1. The molecule has 2 amide bonds. The quantitative estimate of drug-likeness (QED) is 0.825. The van der Waals surface area contributed by atoms with Gasteiger partial charge < -0.3 is 14.7 Å². The van der Waals surface area contributed by atoms with Crippen molar-refractivity contribution in [2.45, 2.75) is 6.18 Å². The van der Waals surface area contributed by atoms with E-state index in [0.29, 0.717) is 11.5 Å². The predicted molar refractivity (Wildman–Crippen MR) is 92.0 cm³/mol. The number of para-hydroxylation sites is 1. The van der Waals surface area contributed by atoms with Crippen molar-refractivity contribution < 1.29 is 32.6 Å². The Hall–Kier alpha value is -3.30. The maximum Gasteiger partial charge on any atom is 0.394 e. The van der Waals surface area contributed by atoms with Crippen molar-refractivity contribution in [2.75, 3.05) is 18.4 Å². The first-order valence-electron chi connectivity index (χ1n) is 8.28. The topological polar surface area (TPSA) is 91.8 Å². The average Bonchev–Trinajstić information content (AvgIpc) is 3.11. The van der Waals surface area contributed by atoms with Crippen LogP contribution in [-0.4, -0.2) is 46.3 Å². The first-order valence-corrected chi connectivity index (χ1v) is 8.28. The number of amides is 2. The van der Waals surface area contributed by atoms with Gasteiger partial charge in [0.15, 0.2) is 0 Å². The number of halogens is 3. The molecule has 0 saturated carbocycles. The molecule has 2 heterocycles. The number of carboxylic acid groups (broad SMARTS) is 1. The van der Waals surface area contributed by atoms with Crippen molar-refractivity contribution in [1.29, 1.82) is 0 Å². The molecule has 2 N–H and O–H groups in total. The molecule has 10 heteroatoms. The van der Waals surface area contributed by atoms with Crippen LogP contribution in [0.2, 0.25) is 0 Å². The Bertz CT molecular complexity index is 843. The van der Waals surface area contributed by atoms with E-state index in [0.717, 1.165) is 4.90 Å². The Morgan fingerprint density at radius 3 is 2.36 bits per heavy atom. The number of rotatable bonds is 4. The molecule has 1 aliphatic rings. The molecule has 0 unspecified atom stereocenters. The number of hydrogen-bond donors (Lipinski definition) is 2. The fourth-order valence-corrected chi connectivity index (χ4v) is 2.88. The van der Waals surface area contributed by atoms with Gasteiger partial charge in [-0.05, 0) is 24.3 Å². The summed E-state index contributed by atoms with van der Waals surface area (Å²) in [4.78, 5) is 28.1. The molecule has 0 radical (unpaired) electrons. The van der Waals surface area contributed by atoms with E-state index in [-0.39, 0.29) is 5.82 Å². The maximum atomic E-state index is 13.0. The number of likely N-dealkylation sites (tertiary alicyclic amines) is 1. The Kier molecular flexibility index (Phi) is 5.39. The minimum absolute atomic E-state index is 0.104. The van der Waals surface area contributed by atoms with Crippen LogP contribution in [0.15, 0.2) is 48.7 Å². The van der Waals surface area contributed by atoms with E-state index in [2.05, 4.69) is 10.3 Å². The summed E-state index contributed by atoms with van der Waals surface area (Å²) < 4.78 is 44.6. The molecular weight excluding hydrogens is 379 g/mol. The molecule has 0 aliphatic carbocycles. The molecule has 3 rings (SSSR count). The second-order valence-corrected chi connectivity index (χ2v) is 6.22. The molecule has 0 spiro atoms. The van der Waals surface area contributed by atoms with Crippen LogP contribution in [0.25, 0.3) is 0 Å². The zero-order valence-corrected chi connectivity index (χ0v) is 14.4. The van der Waals surface area contributed by atoms with E-state index in [4.69, 9.17) is 9.84 Å². The van der Waals surface area contributed by atoms with Crippen LogP contribution in [0.4, 0.5) is 23.8 Å². The normalized spacial score (nSPS) is 19.3. The van der Waals surface area contributed by atoms with Gasteiger partial charge in [-0.1, -0.05) is 18.2 Å². The highest BCUT2D eigenvalue weighted by Crippen LogP contribution is 2.37. The highest BCUT2D eigenvalue weighted by Gasteiger charge is 2.53. The number of pyridine rings is 1. The standard InChI is InChI=1S/C18H16F3N3O4/c19-18(20,21)14-10-24(9-13(14)16(25)26)17(27)23-15-7-6-12(8-22-15)28-11-4-2-1-3-5-11/h1-8,13-14H,9-10H2,(H,25,26)(H,22,23,27)/t13-,14-/m1/s1.